The lowest BCUT2D eigenvalue weighted by Gasteiger charge is -2.28. The van der Waals surface area contributed by atoms with E-state index in [1.54, 1.807) is 0 Å². The van der Waals surface area contributed by atoms with Gasteiger partial charge in [-0.25, -0.2) is 0 Å². The number of hydrogen-bond donors (Lipinski definition) is 0. The van der Waals surface area contributed by atoms with Crippen molar-refractivity contribution in [2.45, 2.75) is 51.9 Å². The van der Waals surface area contributed by atoms with E-state index in [-0.39, 0.29) is 0 Å². The molecule has 0 heterocycles. The van der Waals surface area contributed by atoms with Crippen molar-refractivity contribution in [3.8, 4) is 0 Å². The fourth-order valence-corrected chi connectivity index (χ4v) is 3.10. The summed E-state index contributed by atoms with van der Waals surface area (Å²) in [5, 5.41) is 0. The molecule has 0 radical (unpaired) electrons. The van der Waals surface area contributed by atoms with Crippen LogP contribution in [0.25, 0.3) is 0 Å². The molecule has 0 N–H and O–H groups in total. The lowest BCUT2D eigenvalue weighted by molar-refractivity contribution is 0.112. The van der Waals surface area contributed by atoms with Crippen LogP contribution in [0, 0.1) is 5.92 Å². The highest BCUT2D eigenvalue weighted by atomic mass is 16.1. The normalized spacial score (nSPS) is 24.6. The fourth-order valence-electron chi connectivity index (χ4n) is 3.10. The van der Waals surface area contributed by atoms with E-state index in [1.165, 1.54) is 36.8 Å². The Morgan fingerprint density at radius 3 is 2.53 bits per heavy atom. The molecule has 0 unspecified atom stereocenters. The Bertz CT molecular complexity index is 387. The van der Waals surface area contributed by atoms with Gasteiger partial charge < -0.3 is 0 Å². The van der Waals surface area contributed by atoms with Gasteiger partial charge in [0.2, 0.25) is 0 Å². The molecule has 2 rings (SSSR count). The van der Waals surface area contributed by atoms with E-state index in [9.17, 15) is 4.79 Å². The third-order valence-corrected chi connectivity index (χ3v) is 4.18. The molecule has 0 saturated heterocycles. The Kier molecular flexibility index (Phi) is 3.98. The van der Waals surface area contributed by atoms with Gasteiger partial charge in [0.25, 0.3) is 0 Å². The van der Waals surface area contributed by atoms with E-state index in [2.05, 4.69) is 19.9 Å². The number of benzene rings is 1. The lowest BCUT2D eigenvalue weighted by Crippen LogP contribution is -2.13. The van der Waals surface area contributed by atoms with Gasteiger partial charge in [-0.3, -0.25) is 4.79 Å². The van der Waals surface area contributed by atoms with E-state index in [1.807, 2.05) is 12.1 Å². The van der Waals surface area contributed by atoms with E-state index in [0.717, 1.165) is 24.2 Å². The van der Waals surface area contributed by atoms with Crippen molar-refractivity contribution in [1.82, 2.24) is 0 Å². The first-order valence-corrected chi connectivity index (χ1v) is 6.83. The smallest absolute Gasteiger partial charge is 0.150 e. The molecule has 1 saturated carbocycles. The number of carbonyl (C=O) groups excluding carboxylic acids is 1. The van der Waals surface area contributed by atoms with E-state index >= 15 is 0 Å². The van der Waals surface area contributed by atoms with E-state index in [4.69, 9.17) is 0 Å². The molecule has 1 fully saturated rings. The van der Waals surface area contributed by atoms with Crippen LogP contribution < -0.4 is 0 Å². The Morgan fingerprint density at radius 1 is 1.24 bits per heavy atom. The second-order valence-electron chi connectivity index (χ2n) is 5.34. The summed E-state index contributed by atoms with van der Waals surface area (Å²) in [5.74, 6) is 1.56. The number of carbonyl (C=O) groups is 1. The zero-order valence-electron chi connectivity index (χ0n) is 10.9. The molecule has 1 aromatic carbocycles. The minimum Gasteiger partial charge on any atom is -0.298 e. The molecule has 0 atom stereocenters. The van der Waals surface area contributed by atoms with Crippen LogP contribution in [0.4, 0.5) is 0 Å². The third kappa shape index (κ3) is 2.59. The van der Waals surface area contributed by atoms with Crippen molar-refractivity contribution in [1.29, 1.82) is 0 Å². The monoisotopic (exact) mass is 230 g/mol. The molecule has 0 amide bonds. The predicted molar refractivity (Wildman–Crippen MR) is 71.6 cm³/mol. The van der Waals surface area contributed by atoms with Gasteiger partial charge in [0.1, 0.15) is 6.29 Å². The summed E-state index contributed by atoms with van der Waals surface area (Å²) in [6.07, 6.45) is 7.22. The molecule has 0 aromatic heterocycles. The Hall–Kier alpha value is -1.11. The van der Waals surface area contributed by atoms with Gasteiger partial charge in [-0.2, -0.15) is 0 Å². The maximum Gasteiger partial charge on any atom is 0.150 e. The van der Waals surface area contributed by atoms with Gasteiger partial charge in [0, 0.05) is 5.56 Å². The van der Waals surface area contributed by atoms with E-state index < -0.39 is 0 Å². The third-order valence-electron chi connectivity index (χ3n) is 4.18. The summed E-state index contributed by atoms with van der Waals surface area (Å²) in [5.41, 5.74) is 3.61. The molecular formula is C16H22O. The molecule has 1 aliphatic carbocycles. The molecule has 0 bridgehead atoms. The highest BCUT2D eigenvalue weighted by Crippen LogP contribution is 2.37. The standard InChI is InChI=1S/C16H22O/c1-3-15-14(11-17)5-4-6-16(15)13-9-7-12(2)8-10-13/h4-6,11-13H,3,7-10H2,1-2H3. The van der Waals surface area contributed by atoms with Crippen molar-refractivity contribution in [3.05, 3.63) is 34.9 Å². The van der Waals surface area contributed by atoms with Gasteiger partial charge in [0.15, 0.2) is 0 Å². The van der Waals surface area contributed by atoms with Gasteiger partial charge in [-0.15, -0.1) is 0 Å². The van der Waals surface area contributed by atoms with Crippen LogP contribution in [-0.2, 0) is 6.42 Å². The van der Waals surface area contributed by atoms with Gasteiger partial charge in [-0.1, -0.05) is 44.9 Å². The second kappa shape index (κ2) is 5.48. The van der Waals surface area contributed by atoms with Crippen LogP contribution in [0.3, 0.4) is 0 Å². The second-order valence-corrected chi connectivity index (χ2v) is 5.34. The van der Waals surface area contributed by atoms with Crippen molar-refractivity contribution >= 4 is 6.29 Å². The van der Waals surface area contributed by atoms with Gasteiger partial charge >= 0.3 is 0 Å². The maximum absolute atomic E-state index is 11.1. The molecule has 17 heavy (non-hydrogen) atoms. The summed E-state index contributed by atoms with van der Waals surface area (Å²) in [6, 6.07) is 6.21. The summed E-state index contributed by atoms with van der Waals surface area (Å²) in [7, 11) is 0. The summed E-state index contributed by atoms with van der Waals surface area (Å²) in [6.45, 7) is 4.50. The molecule has 1 nitrogen and oxygen atoms in total. The van der Waals surface area contributed by atoms with Crippen LogP contribution in [0.5, 0.6) is 0 Å². The van der Waals surface area contributed by atoms with Crippen LogP contribution >= 0.6 is 0 Å². The lowest BCUT2D eigenvalue weighted by atomic mass is 9.77. The van der Waals surface area contributed by atoms with Crippen molar-refractivity contribution in [2.24, 2.45) is 5.92 Å². The maximum atomic E-state index is 11.1. The van der Waals surface area contributed by atoms with E-state index in [0.29, 0.717) is 5.92 Å². The average molecular weight is 230 g/mol. The first kappa shape index (κ1) is 12.3. The first-order valence-electron chi connectivity index (χ1n) is 6.83. The number of aldehydes is 1. The topological polar surface area (TPSA) is 17.1 Å². The van der Waals surface area contributed by atoms with Gasteiger partial charge in [0.05, 0.1) is 0 Å². The molecule has 1 aromatic rings. The van der Waals surface area contributed by atoms with Crippen LogP contribution in [0.2, 0.25) is 0 Å². The van der Waals surface area contributed by atoms with Gasteiger partial charge in [-0.05, 0) is 42.2 Å². The van der Waals surface area contributed by atoms with Crippen LogP contribution in [-0.4, -0.2) is 6.29 Å². The fraction of sp³-hybridized carbons (Fsp3) is 0.562. The zero-order valence-corrected chi connectivity index (χ0v) is 10.9. The molecule has 1 heteroatoms. The Morgan fingerprint density at radius 2 is 1.94 bits per heavy atom. The largest absolute Gasteiger partial charge is 0.298 e. The first-order chi connectivity index (χ1) is 8.26. The SMILES string of the molecule is CCc1c(C=O)cccc1C1CCC(C)CC1. The summed E-state index contributed by atoms with van der Waals surface area (Å²) < 4.78 is 0. The zero-order chi connectivity index (χ0) is 12.3. The molecule has 0 spiro atoms. The minimum absolute atomic E-state index is 0.682. The molecule has 92 valence electrons. The molecular weight excluding hydrogens is 208 g/mol. The Balaban J connectivity index is 2.28. The van der Waals surface area contributed by atoms with Crippen LogP contribution in [0.1, 0.15) is 66.9 Å². The number of hydrogen-bond acceptors (Lipinski definition) is 1. The van der Waals surface area contributed by atoms with Crippen molar-refractivity contribution < 1.29 is 4.79 Å². The highest BCUT2D eigenvalue weighted by Gasteiger charge is 2.22. The van der Waals surface area contributed by atoms with Crippen LogP contribution in [0.15, 0.2) is 18.2 Å². The summed E-state index contributed by atoms with van der Waals surface area (Å²) >= 11 is 0. The predicted octanol–water partition coefficient (Wildman–Crippen LogP) is 4.36. The minimum atomic E-state index is 0.682. The number of rotatable bonds is 3. The van der Waals surface area contributed by atoms with Crippen molar-refractivity contribution in [3.63, 3.8) is 0 Å². The molecule has 1 aliphatic rings. The Labute approximate surface area is 104 Å². The summed E-state index contributed by atoms with van der Waals surface area (Å²) in [4.78, 5) is 11.1. The quantitative estimate of drug-likeness (QED) is 0.705. The van der Waals surface area contributed by atoms with Crippen molar-refractivity contribution in [2.75, 3.05) is 0 Å². The highest BCUT2D eigenvalue weighted by molar-refractivity contribution is 5.78. The molecule has 0 aliphatic heterocycles. The average Bonchev–Trinajstić information content (AvgIpc) is 2.38.